The van der Waals surface area contributed by atoms with Gasteiger partial charge >= 0.3 is 0 Å². The van der Waals surface area contributed by atoms with E-state index in [0.717, 1.165) is 12.7 Å². The molecule has 0 unspecified atom stereocenters. The Morgan fingerprint density at radius 2 is 1.81 bits per heavy atom. The van der Waals surface area contributed by atoms with Crippen LogP contribution in [0.2, 0.25) is 0 Å². The molecule has 1 aromatic rings. The lowest BCUT2D eigenvalue weighted by Crippen LogP contribution is -2.09. The van der Waals surface area contributed by atoms with Gasteiger partial charge in [0.15, 0.2) is 5.78 Å². The van der Waals surface area contributed by atoms with Crippen molar-refractivity contribution < 1.29 is 13.2 Å². The summed E-state index contributed by atoms with van der Waals surface area (Å²) in [4.78, 5) is 11.5. The molecule has 1 aromatic carbocycles. The van der Waals surface area contributed by atoms with Gasteiger partial charge in [0, 0.05) is 17.7 Å². The molecular formula is C11H15NO3S. The van der Waals surface area contributed by atoms with Gasteiger partial charge in [0.05, 0.1) is 6.26 Å². The van der Waals surface area contributed by atoms with Crippen LogP contribution in [0.4, 0.5) is 5.69 Å². The highest BCUT2D eigenvalue weighted by atomic mass is 32.2. The Bertz CT molecular complexity index is 463. The molecule has 88 valence electrons. The van der Waals surface area contributed by atoms with Gasteiger partial charge in [0.2, 0.25) is 10.0 Å². The zero-order chi connectivity index (χ0) is 12.2. The van der Waals surface area contributed by atoms with Crippen molar-refractivity contribution >= 4 is 21.5 Å². The molecular weight excluding hydrogens is 226 g/mol. The number of hydrogen-bond acceptors (Lipinski definition) is 3. The number of sulfonamides is 1. The average molecular weight is 241 g/mol. The van der Waals surface area contributed by atoms with Crippen molar-refractivity contribution in [1.29, 1.82) is 0 Å². The lowest BCUT2D eigenvalue weighted by Gasteiger charge is -2.04. The zero-order valence-electron chi connectivity index (χ0n) is 9.36. The summed E-state index contributed by atoms with van der Waals surface area (Å²) in [7, 11) is -3.26. The Labute approximate surface area is 95.7 Å². The average Bonchev–Trinajstić information content (AvgIpc) is 2.16. The molecule has 0 aromatic heterocycles. The zero-order valence-corrected chi connectivity index (χ0v) is 10.2. The van der Waals surface area contributed by atoms with E-state index in [1.165, 1.54) is 0 Å². The maximum atomic E-state index is 11.5. The number of Topliss-reactive ketones (excluding diaryl/α,β-unsaturated/α-hetero) is 1. The SMILES string of the molecule is CCCC(=O)c1ccc(NS(C)(=O)=O)cc1. The summed E-state index contributed by atoms with van der Waals surface area (Å²) in [6, 6.07) is 6.44. The Hall–Kier alpha value is -1.36. The van der Waals surface area contributed by atoms with E-state index in [2.05, 4.69) is 4.72 Å². The van der Waals surface area contributed by atoms with Gasteiger partial charge in [-0.15, -0.1) is 0 Å². The van der Waals surface area contributed by atoms with Gasteiger partial charge < -0.3 is 0 Å². The Morgan fingerprint density at radius 1 is 1.25 bits per heavy atom. The molecule has 0 radical (unpaired) electrons. The van der Waals surface area contributed by atoms with Gasteiger partial charge in [-0.1, -0.05) is 6.92 Å². The Morgan fingerprint density at radius 3 is 2.25 bits per heavy atom. The fourth-order valence-corrected chi connectivity index (χ4v) is 1.87. The highest BCUT2D eigenvalue weighted by Gasteiger charge is 2.05. The fraction of sp³-hybridized carbons (Fsp3) is 0.364. The summed E-state index contributed by atoms with van der Waals surface area (Å²) in [6.45, 7) is 1.94. The normalized spacial score (nSPS) is 11.1. The minimum Gasteiger partial charge on any atom is -0.294 e. The maximum absolute atomic E-state index is 11.5. The summed E-state index contributed by atoms with van der Waals surface area (Å²) >= 11 is 0. The van der Waals surface area contributed by atoms with Crippen LogP contribution < -0.4 is 4.72 Å². The van der Waals surface area contributed by atoms with Crippen molar-refractivity contribution in [3.05, 3.63) is 29.8 Å². The fourth-order valence-electron chi connectivity index (χ4n) is 1.31. The van der Waals surface area contributed by atoms with Crippen molar-refractivity contribution in [3.63, 3.8) is 0 Å². The number of benzene rings is 1. The first-order chi connectivity index (χ1) is 7.42. The summed E-state index contributed by atoms with van der Waals surface area (Å²) in [6.07, 6.45) is 2.41. The van der Waals surface area contributed by atoms with Gasteiger partial charge in [-0.25, -0.2) is 8.42 Å². The molecule has 0 amide bonds. The second-order valence-electron chi connectivity index (χ2n) is 3.62. The van der Waals surface area contributed by atoms with E-state index in [1.54, 1.807) is 24.3 Å². The van der Waals surface area contributed by atoms with Gasteiger partial charge in [-0.2, -0.15) is 0 Å². The first-order valence-electron chi connectivity index (χ1n) is 5.03. The quantitative estimate of drug-likeness (QED) is 0.802. The topological polar surface area (TPSA) is 63.2 Å². The predicted octanol–water partition coefficient (Wildman–Crippen LogP) is 2.04. The first kappa shape index (κ1) is 12.7. The van der Waals surface area contributed by atoms with Crippen molar-refractivity contribution in [2.75, 3.05) is 11.0 Å². The second kappa shape index (κ2) is 5.12. The van der Waals surface area contributed by atoms with Crippen LogP contribution in [0.25, 0.3) is 0 Å². The van der Waals surface area contributed by atoms with E-state index in [0.29, 0.717) is 17.7 Å². The highest BCUT2D eigenvalue weighted by molar-refractivity contribution is 7.92. The van der Waals surface area contributed by atoms with Crippen LogP contribution in [0.15, 0.2) is 24.3 Å². The highest BCUT2D eigenvalue weighted by Crippen LogP contribution is 2.12. The van der Waals surface area contributed by atoms with Crippen LogP contribution in [0.1, 0.15) is 30.1 Å². The molecule has 0 aliphatic heterocycles. The van der Waals surface area contributed by atoms with Crippen LogP contribution in [0.5, 0.6) is 0 Å². The molecule has 0 bridgehead atoms. The number of rotatable bonds is 5. The molecule has 0 aliphatic carbocycles. The van der Waals surface area contributed by atoms with Crippen molar-refractivity contribution in [3.8, 4) is 0 Å². The molecule has 0 atom stereocenters. The van der Waals surface area contributed by atoms with Gasteiger partial charge in [0.25, 0.3) is 0 Å². The Balaban J connectivity index is 2.79. The van der Waals surface area contributed by atoms with Gasteiger partial charge in [0.1, 0.15) is 0 Å². The third kappa shape index (κ3) is 4.02. The van der Waals surface area contributed by atoms with E-state index in [1.807, 2.05) is 6.92 Å². The molecule has 0 aliphatic rings. The van der Waals surface area contributed by atoms with E-state index >= 15 is 0 Å². The minimum absolute atomic E-state index is 0.0772. The lowest BCUT2D eigenvalue weighted by molar-refractivity contribution is 0.0982. The molecule has 0 fully saturated rings. The van der Waals surface area contributed by atoms with E-state index in [9.17, 15) is 13.2 Å². The molecule has 4 nitrogen and oxygen atoms in total. The predicted molar refractivity (Wildman–Crippen MR) is 64.1 cm³/mol. The molecule has 16 heavy (non-hydrogen) atoms. The number of carbonyl (C=O) groups excluding carboxylic acids is 1. The van der Waals surface area contributed by atoms with Gasteiger partial charge in [-0.05, 0) is 30.7 Å². The number of hydrogen-bond donors (Lipinski definition) is 1. The molecule has 5 heteroatoms. The molecule has 1 N–H and O–H groups in total. The minimum atomic E-state index is -3.26. The largest absolute Gasteiger partial charge is 0.294 e. The summed E-state index contributed by atoms with van der Waals surface area (Å²) < 4.78 is 24.2. The number of carbonyl (C=O) groups is 1. The van der Waals surface area contributed by atoms with Crippen LogP contribution >= 0.6 is 0 Å². The standard InChI is InChI=1S/C11H15NO3S/c1-3-4-11(13)9-5-7-10(8-6-9)12-16(2,14)15/h5-8,12H,3-4H2,1-2H3. The first-order valence-corrected chi connectivity index (χ1v) is 6.92. The maximum Gasteiger partial charge on any atom is 0.229 e. The molecule has 0 heterocycles. The Kier molecular flexibility index (Phi) is 4.06. The van der Waals surface area contributed by atoms with Crippen molar-refractivity contribution in [2.45, 2.75) is 19.8 Å². The van der Waals surface area contributed by atoms with Crippen LogP contribution in [0.3, 0.4) is 0 Å². The van der Waals surface area contributed by atoms with E-state index in [-0.39, 0.29) is 5.78 Å². The van der Waals surface area contributed by atoms with E-state index < -0.39 is 10.0 Å². The summed E-state index contributed by atoms with van der Waals surface area (Å²) in [5, 5.41) is 0. The molecule has 1 rings (SSSR count). The molecule has 0 saturated carbocycles. The third-order valence-corrected chi connectivity index (χ3v) is 2.59. The van der Waals surface area contributed by atoms with Crippen molar-refractivity contribution in [1.82, 2.24) is 0 Å². The van der Waals surface area contributed by atoms with E-state index in [4.69, 9.17) is 0 Å². The summed E-state index contributed by atoms with van der Waals surface area (Å²) in [5.41, 5.74) is 1.08. The molecule has 0 saturated heterocycles. The summed E-state index contributed by atoms with van der Waals surface area (Å²) in [5.74, 6) is 0.0772. The lowest BCUT2D eigenvalue weighted by atomic mass is 10.1. The number of anilines is 1. The van der Waals surface area contributed by atoms with Crippen LogP contribution in [-0.2, 0) is 10.0 Å². The monoisotopic (exact) mass is 241 g/mol. The smallest absolute Gasteiger partial charge is 0.229 e. The van der Waals surface area contributed by atoms with Gasteiger partial charge in [-0.3, -0.25) is 9.52 Å². The number of ketones is 1. The van der Waals surface area contributed by atoms with Crippen LogP contribution in [-0.4, -0.2) is 20.5 Å². The van der Waals surface area contributed by atoms with Crippen LogP contribution in [0, 0.1) is 0 Å². The molecule has 0 spiro atoms. The van der Waals surface area contributed by atoms with Crippen molar-refractivity contribution in [2.24, 2.45) is 0 Å². The third-order valence-electron chi connectivity index (χ3n) is 1.99. The number of nitrogens with one attached hydrogen (secondary N) is 1. The second-order valence-corrected chi connectivity index (χ2v) is 5.37.